The Hall–Kier alpha value is -1.24. The topological polar surface area (TPSA) is 75.4 Å². The molecule has 146 valence electrons. The molecule has 1 aliphatic rings. The number of thioether (sulfide) groups is 1. The van der Waals surface area contributed by atoms with Crippen molar-refractivity contribution in [2.45, 2.75) is 50.0 Å². The van der Waals surface area contributed by atoms with Crippen molar-refractivity contribution in [1.29, 1.82) is 0 Å². The average Bonchev–Trinajstić information content (AvgIpc) is 3.18. The van der Waals surface area contributed by atoms with Crippen molar-refractivity contribution in [1.82, 2.24) is 10.2 Å². The number of unbranched alkanes of at least 4 members (excludes halogenated alkanes) is 1. The van der Waals surface area contributed by atoms with Gasteiger partial charge in [-0.25, -0.2) is 0 Å². The van der Waals surface area contributed by atoms with Gasteiger partial charge >= 0.3 is 0 Å². The van der Waals surface area contributed by atoms with Gasteiger partial charge < -0.3 is 16.0 Å². The maximum atomic E-state index is 12.6. The van der Waals surface area contributed by atoms with Crippen LogP contribution in [-0.4, -0.2) is 48.1 Å². The molecule has 1 unspecified atom stereocenters. The highest BCUT2D eigenvalue weighted by molar-refractivity contribution is 8.00. The Bertz CT molecular complexity index is 580. The van der Waals surface area contributed by atoms with Crippen LogP contribution >= 0.6 is 24.2 Å². The van der Waals surface area contributed by atoms with Crippen molar-refractivity contribution in [2.24, 2.45) is 5.73 Å². The molecular formula is C19H30ClN3O2S. The Balaban J connectivity index is 0.00000338. The predicted octanol–water partition coefficient (Wildman–Crippen LogP) is 3.07. The summed E-state index contributed by atoms with van der Waals surface area (Å²) in [5.74, 6) is 0.421. The fourth-order valence-corrected chi connectivity index (χ4v) is 3.89. The Morgan fingerprint density at radius 2 is 1.96 bits per heavy atom. The number of hydrogen-bond acceptors (Lipinski definition) is 4. The van der Waals surface area contributed by atoms with Crippen LogP contribution in [0.5, 0.6) is 0 Å². The first-order chi connectivity index (χ1) is 12.2. The van der Waals surface area contributed by atoms with Crippen molar-refractivity contribution in [2.75, 3.05) is 25.4 Å². The Morgan fingerprint density at radius 3 is 2.62 bits per heavy atom. The van der Waals surface area contributed by atoms with Crippen molar-refractivity contribution in [3.8, 4) is 0 Å². The quantitative estimate of drug-likeness (QED) is 0.625. The van der Waals surface area contributed by atoms with E-state index in [4.69, 9.17) is 5.73 Å². The van der Waals surface area contributed by atoms with Crippen LogP contribution in [0.1, 0.15) is 49.4 Å². The van der Waals surface area contributed by atoms with Gasteiger partial charge in [0.15, 0.2) is 0 Å². The number of halogens is 1. The highest BCUT2D eigenvalue weighted by atomic mass is 35.5. The summed E-state index contributed by atoms with van der Waals surface area (Å²) in [5, 5.41) is 3.03. The third-order valence-corrected chi connectivity index (χ3v) is 5.53. The van der Waals surface area contributed by atoms with Crippen LogP contribution in [0.25, 0.3) is 0 Å². The minimum atomic E-state index is -0.108. The smallest absolute Gasteiger partial charge is 0.252 e. The molecule has 5 nitrogen and oxygen atoms in total. The number of nitrogens with one attached hydrogen (secondary N) is 1. The third kappa shape index (κ3) is 6.82. The monoisotopic (exact) mass is 399 g/mol. The number of nitrogens with two attached hydrogens (primary N) is 1. The molecule has 1 atom stereocenters. The molecule has 0 aromatic heterocycles. The molecule has 0 saturated carbocycles. The van der Waals surface area contributed by atoms with Crippen LogP contribution in [0.2, 0.25) is 0 Å². The molecule has 0 bridgehead atoms. The Labute approximate surface area is 166 Å². The van der Waals surface area contributed by atoms with Crippen molar-refractivity contribution < 1.29 is 9.59 Å². The molecule has 7 heteroatoms. The van der Waals surface area contributed by atoms with E-state index in [1.54, 1.807) is 0 Å². The van der Waals surface area contributed by atoms with Gasteiger partial charge in [-0.3, -0.25) is 9.59 Å². The second-order valence-corrected chi connectivity index (χ2v) is 7.44. The molecule has 1 aliphatic heterocycles. The number of amides is 2. The van der Waals surface area contributed by atoms with Gasteiger partial charge in [0.05, 0.1) is 11.3 Å². The van der Waals surface area contributed by atoms with Crippen LogP contribution in [0.15, 0.2) is 29.2 Å². The predicted molar refractivity (Wildman–Crippen MR) is 110 cm³/mol. The molecule has 2 amide bonds. The summed E-state index contributed by atoms with van der Waals surface area (Å²) in [7, 11) is 0. The van der Waals surface area contributed by atoms with E-state index in [2.05, 4.69) is 12.2 Å². The summed E-state index contributed by atoms with van der Waals surface area (Å²) < 4.78 is 0. The van der Waals surface area contributed by atoms with Crippen molar-refractivity contribution in [3.05, 3.63) is 29.8 Å². The summed E-state index contributed by atoms with van der Waals surface area (Å²) in [5.41, 5.74) is 6.40. The molecule has 0 radical (unpaired) electrons. The fourth-order valence-electron chi connectivity index (χ4n) is 2.94. The summed E-state index contributed by atoms with van der Waals surface area (Å²) in [6.07, 6.45) is 5.20. The minimum Gasteiger partial charge on any atom is -0.348 e. The van der Waals surface area contributed by atoms with Gasteiger partial charge in [-0.2, -0.15) is 0 Å². The van der Waals surface area contributed by atoms with E-state index in [-0.39, 0.29) is 30.3 Å². The summed E-state index contributed by atoms with van der Waals surface area (Å²) >= 11 is 1.44. The van der Waals surface area contributed by atoms with E-state index >= 15 is 0 Å². The number of benzene rings is 1. The van der Waals surface area contributed by atoms with Crippen LogP contribution in [0.4, 0.5) is 0 Å². The molecule has 1 saturated heterocycles. The molecule has 1 aromatic carbocycles. The lowest BCUT2D eigenvalue weighted by Gasteiger charge is -2.18. The molecule has 2 rings (SSSR count). The molecular weight excluding hydrogens is 370 g/mol. The van der Waals surface area contributed by atoms with E-state index < -0.39 is 0 Å². The van der Waals surface area contributed by atoms with Crippen LogP contribution in [-0.2, 0) is 4.79 Å². The van der Waals surface area contributed by atoms with Crippen LogP contribution in [0, 0.1) is 0 Å². The highest BCUT2D eigenvalue weighted by Crippen LogP contribution is 2.24. The minimum absolute atomic E-state index is 0. The van der Waals surface area contributed by atoms with Gasteiger partial charge in [0.2, 0.25) is 5.91 Å². The lowest BCUT2D eigenvalue weighted by molar-refractivity contribution is -0.127. The van der Waals surface area contributed by atoms with Crippen molar-refractivity contribution in [3.63, 3.8) is 0 Å². The first-order valence-electron chi connectivity index (χ1n) is 9.16. The second kappa shape index (κ2) is 12.2. The van der Waals surface area contributed by atoms with Crippen LogP contribution < -0.4 is 11.1 Å². The zero-order chi connectivity index (χ0) is 18.1. The average molecular weight is 400 g/mol. The number of likely N-dealkylation sites (tertiary alicyclic amines) is 1. The first-order valence-corrected chi connectivity index (χ1v) is 10.1. The zero-order valence-corrected chi connectivity index (χ0v) is 17.0. The number of nitrogens with zero attached hydrogens (tertiary/aromatic N) is 1. The SMILES string of the molecule is CCCCC(CN)NC(=O)c1ccccc1SCC(=O)N1CCCC1.Cl. The van der Waals surface area contributed by atoms with Gasteiger partial charge in [0.1, 0.15) is 0 Å². The number of carbonyl (C=O) groups is 2. The van der Waals surface area contributed by atoms with Crippen LogP contribution in [0.3, 0.4) is 0 Å². The molecule has 3 N–H and O–H groups in total. The number of carbonyl (C=O) groups excluding carboxylic acids is 2. The largest absolute Gasteiger partial charge is 0.348 e. The second-order valence-electron chi connectivity index (χ2n) is 6.42. The van der Waals surface area contributed by atoms with Gasteiger partial charge in [-0.05, 0) is 31.4 Å². The fraction of sp³-hybridized carbons (Fsp3) is 0.579. The van der Waals surface area contributed by atoms with Gasteiger partial charge in [0, 0.05) is 30.6 Å². The summed E-state index contributed by atoms with van der Waals surface area (Å²) in [4.78, 5) is 27.6. The molecule has 1 fully saturated rings. The van der Waals surface area contributed by atoms with Gasteiger partial charge in [0.25, 0.3) is 5.91 Å². The Kier molecular flexibility index (Phi) is 10.7. The number of rotatable bonds is 9. The molecule has 26 heavy (non-hydrogen) atoms. The van der Waals surface area contributed by atoms with Gasteiger partial charge in [-0.1, -0.05) is 31.9 Å². The third-order valence-electron chi connectivity index (χ3n) is 4.47. The molecule has 0 spiro atoms. The maximum absolute atomic E-state index is 12.6. The first kappa shape index (κ1) is 22.8. The van der Waals surface area contributed by atoms with E-state index in [1.807, 2.05) is 29.2 Å². The normalized spacial score (nSPS) is 14.6. The zero-order valence-electron chi connectivity index (χ0n) is 15.4. The summed E-state index contributed by atoms with van der Waals surface area (Å²) in [6, 6.07) is 7.46. The van der Waals surface area contributed by atoms with Crippen molar-refractivity contribution >= 4 is 36.0 Å². The van der Waals surface area contributed by atoms with Gasteiger partial charge in [-0.15, -0.1) is 24.2 Å². The van der Waals surface area contributed by atoms with E-state index in [0.29, 0.717) is 17.9 Å². The number of hydrogen-bond donors (Lipinski definition) is 2. The summed E-state index contributed by atoms with van der Waals surface area (Å²) in [6.45, 7) is 4.28. The highest BCUT2D eigenvalue weighted by Gasteiger charge is 2.20. The lowest BCUT2D eigenvalue weighted by Crippen LogP contribution is -2.40. The standard InChI is InChI=1S/C19H29N3O2S.ClH/c1-2-3-8-15(13-20)21-19(24)16-9-4-5-10-17(16)25-14-18(23)22-11-6-7-12-22;/h4-5,9-10,15H,2-3,6-8,11-14,20H2,1H3,(H,21,24);1H. The molecule has 1 aromatic rings. The Morgan fingerprint density at radius 1 is 1.27 bits per heavy atom. The molecule has 1 heterocycles. The molecule has 0 aliphatic carbocycles. The van der Waals surface area contributed by atoms with E-state index in [9.17, 15) is 9.59 Å². The van der Waals surface area contributed by atoms with E-state index in [0.717, 1.165) is 50.1 Å². The maximum Gasteiger partial charge on any atom is 0.252 e. The lowest BCUT2D eigenvalue weighted by atomic mass is 10.1. The van der Waals surface area contributed by atoms with E-state index in [1.165, 1.54) is 11.8 Å².